The quantitative estimate of drug-likeness (QED) is 0.495. The van der Waals surface area contributed by atoms with Crippen LogP contribution < -0.4 is 0 Å². The molecule has 1 aromatic rings. The molecule has 0 unspecified atom stereocenters. The number of nitrogens with one attached hydrogen (secondary N) is 1. The average Bonchev–Trinajstić information content (AvgIpc) is 2.88. The molecule has 30 heavy (non-hydrogen) atoms. The van der Waals surface area contributed by atoms with Crippen LogP contribution in [0, 0.1) is 10.8 Å². The van der Waals surface area contributed by atoms with Gasteiger partial charge < -0.3 is 10.0 Å². The van der Waals surface area contributed by atoms with Crippen LogP contribution in [-0.2, 0) is 10.8 Å². The number of ketones is 1. The summed E-state index contributed by atoms with van der Waals surface area (Å²) >= 11 is 0. The first-order chi connectivity index (χ1) is 13.3. The van der Waals surface area contributed by atoms with Crippen LogP contribution in [0.5, 0.6) is 5.75 Å². The molecule has 2 fully saturated rings. The molecule has 0 aromatic heterocycles. The van der Waals surface area contributed by atoms with Crippen LogP contribution in [0.1, 0.15) is 102 Å². The van der Waals surface area contributed by atoms with Gasteiger partial charge in [0, 0.05) is 29.7 Å². The molecule has 3 rings (SSSR count). The molecule has 1 spiro atoms. The van der Waals surface area contributed by atoms with Gasteiger partial charge in [0.1, 0.15) is 5.75 Å². The number of halogens is 1. The highest BCUT2D eigenvalue weighted by molar-refractivity contribution is 8.93. The lowest BCUT2D eigenvalue weighted by Crippen LogP contribution is -2.34. The summed E-state index contributed by atoms with van der Waals surface area (Å²) in [5.41, 5.74) is 1.98. The molecule has 2 aliphatic rings. The predicted molar refractivity (Wildman–Crippen MR) is 130 cm³/mol. The average molecular weight is 480 g/mol. The summed E-state index contributed by atoms with van der Waals surface area (Å²) in [4.78, 5) is 15.3. The number of benzene rings is 1. The van der Waals surface area contributed by atoms with Crippen LogP contribution >= 0.6 is 17.0 Å². The van der Waals surface area contributed by atoms with Crippen molar-refractivity contribution in [1.82, 2.24) is 4.90 Å². The van der Waals surface area contributed by atoms with E-state index in [0.29, 0.717) is 17.1 Å². The van der Waals surface area contributed by atoms with Gasteiger partial charge in [-0.15, -0.1) is 17.0 Å². The Bertz CT molecular complexity index is 776. The number of aromatic hydroxyl groups is 1. The first-order valence-electron chi connectivity index (χ1n) is 11.1. The van der Waals surface area contributed by atoms with Crippen molar-refractivity contribution in [2.75, 3.05) is 13.1 Å². The molecule has 1 saturated heterocycles. The van der Waals surface area contributed by atoms with E-state index < -0.39 is 0 Å². The van der Waals surface area contributed by atoms with Gasteiger partial charge in [0.25, 0.3) is 0 Å². The fourth-order valence-corrected chi connectivity index (χ4v) is 5.01. The monoisotopic (exact) mass is 478 g/mol. The molecule has 4 nitrogen and oxygen atoms in total. The zero-order chi connectivity index (χ0) is 21.6. The third-order valence-corrected chi connectivity index (χ3v) is 6.75. The van der Waals surface area contributed by atoms with Crippen molar-refractivity contribution in [3.05, 3.63) is 28.8 Å². The zero-order valence-corrected chi connectivity index (χ0v) is 21.2. The highest BCUT2D eigenvalue weighted by Crippen LogP contribution is 2.44. The fraction of sp³-hybridized carbons (Fsp3) is 0.680. The molecule has 0 amide bonds. The molecule has 0 atom stereocenters. The van der Waals surface area contributed by atoms with Crippen molar-refractivity contribution >= 4 is 28.6 Å². The van der Waals surface area contributed by atoms with Crippen molar-refractivity contribution in [1.29, 1.82) is 5.41 Å². The van der Waals surface area contributed by atoms with Crippen LogP contribution in [0.25, 0.3) is 0 Å². The largest absolute Gasteiger partial charge is 0.507 e. The van der Waals surface area contributed by atoms with Gasteiger partial charge in [-0.2, -0.15) is 0 Å². The Morgan fingerprint density at radius 2 is 1.53 bits per heavy atom. The van der Waals surface area contributed by atoms with Crippen LogP contribution in [0.15, 0.2) is 12.1 Å². The topological polar surface area (TPSA) is 64.4 Å². The number of hydrogen-bond donors (Lipinski definition) is 2. The van der Waals surface area contributed by atoms with Gasteiger partial charge in [0.2, 0.25) is 0 Å². The van der Waals surface area contributed by atoms with Gasteiger partial charge >= 0.3 is 0 Å². The minimum Gasteiger partial charge on any atom is -0.507 e. The van der Waals surface area contributed by atoms with E-state index >= 15 is 0 Å². The number of Topliss-reactive ketones (excluding diaryl/α,β-unsaturated/α-hetero) is 1. The third kappa shape index (κ3) is 5.09. The molecule has 1 saturated carbocycles. The molecule has 168 valence electrons. The smallest absolute Gasteiger partial charge is 0.182 e. The Morgan fingerprint density at radius 3 is 2.00 bits per heavy atom. The molecular formula is C25H39BrN2O2. The number of phenolic OH excluding ortho intramolecular Hbond substituents is 1. The number of hydrogen-bond acceptors (Lipinski definition) is 3. The molecular weight excluding hydrogens is 440 g/mol. The summed E-state index contributed by atoms with van der Waals surface area (Å²) in [5, 5.41) is 19.4. The summed E-state index contributed by atoms with van der Waals surface area (Å²) < 4.78 is 0. The number of nitrogens with zero attached hydrogens (tertiary/aromatic N) is 1. The Labute approximate surface area is 192 Å². The normalized spacial score (nSPS) is 19.1. The van der Waals surface area contributed by atoms with Gasteiger partial charge in [0.15, 0.2) is 5.78 Å². The van der Waals surface area contributed by atoms with E-state index in [-0.39, 0.29) is 45.6 Å². The first-order valence-corrected chi connectivity index (χ1v) is 11.1. The minimum atomic E-state index is -0.257. The van der Waals surface area contributed by atoms with E-state index in [0.717, 1.165) is 24.1 Å². The van der Waals surface area contributed by atoms with Crippen molar-refractivity contribution in [3.8, 4) is 5.75 Å². The van der Waals surface area contributed by atoms with Gasteiger partial charge in [-0.25, -0.2) is 0 Å². The molecule has 1 aliphatic carbocycles. The number of rotatable bonds is 3. The van der Waals surface area contributed by atoms with Gasteiger partial charge in [-0.3, -0.25) is 10.2 Å². The summed E-state index contributed by atoms with van der Waals surface area (Å²) in [6.45, 7) is 13.5. The third-order valence-electron chi connectivity index (χ3n) is 6.75. The maximum Gasteiger partial charge on any atom is 0.182 e. The van der Waals surface area contributed by atoms with Gasteiger partial charge in [-0.1, -0.05) is 60.8 Å². The van der Waals surface area contributed by atoms with E-state index in [2.05, 4.69) is 41.5 Å². The van der Waals surface area contributed by atoms with Crippen molar-refractivity contribution in [3.63, 3.8) is 0 Å². The van der Waals surface area contributed by atoms with Crippen LogP contribution in [0.2, 0.25) is 0 Å². The lowest BCUT2D eigenvalue weighted by molar-refractivity contribution is 0.0949. The molecule has 5 heteroatoms. The molecule has 0 bridgehead atoms. The Kier molecular flexibility index (Phi) is 7.18. The van der Waals surface area contributed by atoms with Crippen molar-refractivity contribution in [2.24, 2.45) is 5.41 Å². The fourth-order valence-electron chi connectivity index (χ4n) is 5.01. The van der Waals surface area contributed by atoms with Crippen LogP contribution in [-0.4, -0.2) is 34.7 Å². The van der Waals surface area contributed by atoms with Crippen LogP contribution in [0.4, 0.5) is 0 Å². The summed E-state index contributed by atoms with van der Waals surface area (Å²) in [6, 6.07) is 3.73. The van der Waals surface area contributed by atoms with E-state index in [1.807, 2.05) is 17.0 Å². The SMILES string of the molecule is Br.CC(C)(C)c1cc(C(=O)CN2CC3(CCCCC3)CC2=N)cc(C(C)(C)C)c1O. The Morgan fingerprint density at radius 1 is 1.03 bits per heavy atom. The first kappa shape index (κ1) is 24.9. The van der Waals surface area contributed by atoms with Crippen LogP contribution in [0.3, 0.4) is 0 Å². The van der Waals surface area contributed by atoms with E-state index in [9.17, 15) is 9.90 Å². The second-order valence-electron chi connectivity index (χ2n) is 11.4. The Hall–Kier alpha value is -1.36. The number of phenols is 1. The van der Waals surface area contributed by atoms with E-state index in [1.54, 1.807) is 0 Å². The van der Waals surface area contributed by atoms with Gasteiger partial charge in [0.05, 0.1) is 12.4 Å². The number of carbonyl (C=O) groups excluding carboxylic acids is 1. The maximum atomic E-state index is 13.3. The number of amidine groups is 1. The Balaban J connectivity index is 0.00000320. The molecule has 2 N–H and O–H groups in total. The van der Waals surface area contributed by atoms with Gasteiger partial charge in [-0.05, 0) is 41.2 Å². The van der Waals surface area contributed by atoms with Crippen molar-refractivity contribution in [2.45, 2.75) is 90.9 Å². The number of likely N-dealkylation sites (tertiary alicyclic amines) is 1. The standard InChI is InChI=1S/C25H38N2O2.BrH/c1-23(2,3)18-12-17(13-19(22(18)29)24(4,5)6)20(28)15-27-16-25(14-21(27)26)10-8-7-9-11-25;/h12-13,26,29H,7-11,14-16H2,1-6H3;1H. The minimum absolute atomic E-state index is 0. The predicted octanol–water partition coefficient (Wildman–Crippen LogP) is 6.38. The molecule has 1 aromatic carbocycles. The molecule has 0 radical (unpaired) electrons. The second kappa shape index (κ2) is 8.64. The molecule has 1 heterocycles. The summed E-state index contributed by atoms with van der Waals surface area (Å²) in [7, 11) is 0. The van der Waals surface area contributed by atoms with E-state index in [1.165, 1.54) is 32.1 Å². The highest BCUT2D eigenvalue weighted by atomic mass is 79.9. The highest BCUT2D eigenvalue weighted by Gasteiger charge is 2.42. The zero-order valence-electron chi connectivity index (χ0n) is 19.5. The lowest BCUT2D eigenvalue weighted by atomic mass is 9.73. The van der Waals surface area contributed by atoms with Crippen molar-refractivity contribution < 1.29 is 9.90 Å². The summed E-state index contributed by atoms with van der Waals surface area (Å²) in [5.74, 6) is 0.960. The second-order valence-corrected chi connectivity index (χ2v) is 11.4. The molecule has 1 aliphatic heterocycles. The number of carbonyl (C=O) groups is 1. The summed E-state index contributed by atoms with van der Waals surface area (Å²) in [6.07, 6.45) is 6.97. The van der Waals surface area contributed by atoms with E-state index in [4.69, 9.17) is 5.41 Å². The maximum absolute atomic E-state index is 13.3. The lowest BCUT2D eigenvalue weighted by Gasteiger charge is -2.32.